The lowest BCUT2D eigenvalue weighted by atomic mass is 10.2. The van der Waals surface area contributed by atoms with E-state index in [0.717, 1.165) is 19.5 Å². The molecule has 1 fully saturated rings. The molecule has 5 nitrogen and oxygen atoms in total. The van der Waals surface area contributed by atoms with E-state index in [1.807, 2.05) is 7.05 Å². The van der Waals surface area contributed by atoms with Crippen LogP contribution in [0.3, 0.4) is 0 Å². The summed E-state index contributed by atoms with van der Waals surface area (Å²) < 4.78 is 11.0. The molecule has 2 rings (SSSR count). The lowest BCUT2D eigenvalue weighted by molar-refractivity contribution is 0.0696. The molecule has 1 atom stereocenters. The predicted molar refractivity (Wildman–Crippen MR) is 71.5 cm³/mol. The van der Waals surface area contributed by atoms with Gasteiger partial charge in [0.25, 0.3) is 0 Å². The number of carboxylic acids is 1. The molecule has 1 aliphatic heterocycles. The molecule has 0 bridgehead atoms. The zero-order chi connectivity index (χ0) is 14.0. The number of nitrogens with zero attached hydrogens (tertiary/aromatic N) is 1. The van der Waals surface area contributed by atoms with E-state index in [-0.39, 0.29) is 16.7 Å². The van der Waals surface area contributed by atoms with Gasteiger partial charge in [-0.05, 0) is 25.6 Å². The van der Waals surface area contributed by atoms with Crippen LogP contribution in [0.2, 0.25) is 5.02 Å². The molecule has 6 heteroatoms. The first-order valence-electron chi connectivity index (χ1n) is 5.97. The number of aromatic carboxylic acids is 1. The van der Waals surface area contributed by atoms with Crippen LogP contribution in [0.1, 0.15) is 16.8 Å². The molecule has 1 aliphatic rings. The Morgan fingerprint density at radius 3 is 2.79 bits per heavy atom. The van der Waals surface area contributed by atoms with Gasteiger partial charge in [0.05, 0.1) is 17.7 Å². The summed E-state index contributed by atoms with van der Waals surface area (Å²) in [5.74, 6) is -0.290. The van der Waals surface area contributed by atoms with Crippen molar-refractivity contribution in [2.45, 2.75) is 12.5 Å². The maximum atomic E-state index is 11.0. The molecule has 104 valence electrons. The Balaban J connectivity index is 2.26. The van der Waals surface area contributed by atoms with Crippen molar-refractivity contribution < 1.29 is 19.4 Å². The first-order chi connectivity index (χ1) is 9.01. The highest BCUT2D eigenvalue weighted by molar-refractivity contribution is 6.32. The van der Waals surface area contributed by atoms with Crippen molar-refractivity contribution in [2.75, 3.05) is 27.2 Å². The summed E-state index contributed by atoms with van der Waals surface area (Å²) in [7, 11) is 3.49. The predicted octanol–water partition coefficient (Wildman–Crippen LogP) is 2.13. The van der Waals surface area contributed by atoms with E-state index in [9.17, 15) is 4.79 Å². The van der Waals surface area contributed by atoms with E-state index in [2.05, 4.69) is 4.90 Å². The van der Waals surface area contributed by atoms with Crippen molar-refractivity contribution >= 4 is 17.6 Å². The zero-order valence-electron chi connectivity index (χ0n) is 10.9. The van der Waals surface area contributed by atoms with E-state index >= 15 is 0 Å². The van der Waals surface area contributed by atoms with Gasteiger partial charge in [-0.25, -0.2) is 4.79 Å². The number of hydrogen-bond acceptors (Lipinski definition) is 4. The molecule has 0 saturated carbocycles. The molecule has 1 saturated heterocycles. The molecule has 1 unspecified atom stereocenters. The van der Waals surface area contributed by atoms with Crippen molar-refractivity contribution in [1.82, 2.24) is 4.90 Å². The SMILES string of the molecule is COc1cc(C(=O)O)cc(Cl)c1OC1CCN(C)C1. The molecule has 0 aromatic heterocycles. The second kappa shape index (κ2) is 5.67. The van der Waals surface area contributed by atoms with Crippen LogP contribution in [0.5, 0.6) is 11.5 Å². The van der Waals surface area contributed by atoms with Crippen molar-refractivity contribution in [3.63, 3.8) is 0 Å². The molecule has 1 aromatic carbocycles. The van der Waals surface area contributed by atoms with Gasteiger partial charge in [-0.1, -0.05) is 11.6 Å². The van der Waals surface area contributed by atoms with Gasteiger partial charge in [0.2, 0.25) is 0 Å². The third kappa shape index (κ3) is 3.11. The average molecular weight is 286 g/mol. The Morgan fingerprint density at radius 2 is 2.26 bits per heavy atom. The molecule has 1 aromatic rings. The van der Waals surface area contributed by atoms with Crippen molar-refractivity contribution in [2.24, 2.45) is 0 Å². The van der Waals surface area contributed by atoms with Gasteiger partial charge in [0, 0.05) is 13.1 Å². The third-order valence-electron chi connectivity index (χ3n) is 3.11. The molecular formula is C13H16ClNO4. The number of rotatable bonds is 4. The van der Waals surface area contributed by atoms with Gasteiger partial charge >= 0.3 is 5.97 Å². The number of benzene rings is 1. The second-order valence-electron chi connectivity index (χ2n) is 4.59. The zero-order valence-corrected chi connectivity index (χ0v) is 11.6. The first-order valence-corrected chi connectivity index (χ1v) is 6.35. The Bertz CT molecular complexity index is 492. The number of halogens is 1. The highest BCUT2D eigenvalue weighted by Gasteiger charge is 2.24. The molecule has 0 spiro atoms. The molecular weight excluding hydrogens is 270 g/mol. The highest BCUT2D eigenvalue weighted by atomic mass is 35.5. The summed E-state index contributed by atoms with van der Waals surface area (Å²) in [5, 5.41) is 9.23. The van der Waals surface area contributed by atoms with Crippen LogP contribution in [0.15, 0.2) is 12.1 Å². The fourth-order valence-corrected chi connectivity index (χ4v) is 2.37. The monoisotopic (exact) mass is 285 g/mol. The number of carboxylic acid groups (broad SMARTS) is 1. The summed E-state index contributed by atoms with van der Waals surface area (Å²) in [6.45, 7) is 1.79. The first kappa shape index (κ1) is 14.0. The van der Waals surface area contributed by atoms with E-state index < -0.39 is 5.97 Å². The van der Waals surface area contributed by atoms with E-state index in [0.29, 0.717) is 11.5 Å². The highest BCUT2D eigenvalue weighted by Crippen LogP contribution is 2.37. The third-order valence-corrected chi connectivity index (χ3v) is 3.39. The van der Waals surface area contributed by atoms with Crippen LogP contribution >= 0.6 is 11.6 Å². The number of methoxy groups -OCH3 is 1. The average Bonchev–Trinajstić information content (AvgIpc) is 2.77. The molecule has 0 aliphatic carbocycles. The Labute approximate surface area is 116 Å². The summed E-state index contributed by atoms with van der Waals surface area (Å²) in [4.78, 5) is 13.1. The Hall–Kier alpha value is -1.46. The van der Waals surface area contributed by atoms with Crippen molar-refractivity contribution in [1.29, 1.82) is 0 Å². The van der Waals surface area contributed by atoms with Crippen molar-refractivity contribution in [3.05, 3.63) is 22.7 Å². The van der Waals surface area contributed by atoms with E-state index in [1.165, 1.54) is 19.2 Å². The largest absolute Gasteiger partial charge is 0.493 e. The smallest absolute Gasteiger partial charge is 0.335 e. The van der Waals surface area contributed by atoms with Crippen LogP contribution in [-0.2, 0) is 0 Å². The van der Waals surface area contributed by atoms with E-state index in [1.54, 1.807) is 0 Å². The minimum Gasteiger partial charge on any atom is -0.493 e. The van der Waals surface area contributed by atoms with Crippen molar-refractivity contribution in [3.8, 4) is 11.5 Å². The normalized spacial score (nSPS) is 19.4. The summed E-state index contributed by atoms with van der Waals surface area (Å²) >= 11 is 6.09. The fraction of sp³-hybridized carbons (Fsp3) is 0.462. The Kier molecular flexibility index (Phi) is 4.17. The molecule has 19 heavy (non-hydrogen) atoms. The maximum absolute atomic E-state index is 11.0. The molecule has 0 amide bonds. The van der Waals surface area contributed by atoms with Crippen LogP contribution in [0, 0.1) is 0 Å². The van der Waals surface area contributed by atoms with Crippen LogP contribution in [-0.4, -0.2) is 49.3 Å². The van der Waals surface area contributed by atoms with Gasteiger partial charge < -0.3 is 19.5 Å². The fourth-order valence-electron chi connectivity index (χ4n) is 2.12. The quantitative estimate of drug-likeness (QED) is 0.918. The van der Waals surface area contributed by atoms with Crippen LogP contribution in [0.4, 0.5) is 0 Å². The maximum Gasteiger partial charge on any atom is 0.335 e. The molecule has 1 heterocycles. The minimum absolute atomic E-state index is 0.0482. The van der Waals surface area contributed by atoms with Gasteiger partial charge in [-0.3, -0.25) is 0 Å². The van der Waals surface area contributed by atoms with Gasteiger partial charge in [0.1, 0.15) is 6.10 Å². The van der Waals surface area contributed by atoms with Crippen LogP contribution < -0.4 is 9.47 Å². The van der Waals surface area contributed by atoms with Gasteiger partial charge in [0.15, 0.2) is 11.5 Å². The number of likely N-dealkylation sites (tertiary alicyclic amines) is 1. The number of ether oxygens (including phenoxy) is 2. The molecule has 0 radical (unpaired) electrons. The minimum atomic E-state index is -1.05. The topological polar surface area (TPSA) is 59.0 Å². The standard InChI is InChI=1S/C13H16ClNO4/c1-15-4-3-9(7-15)19-12-10(14)5-8(13(16)17)6-11(12)18-2/h5-6,9H,3-4,7H2,1-2H3,(H,16,17). The number of likely N-dealkylation sites (N-methyl/N-ethyl adjacent to an activating group) is 1. The summed E-state index contributed by atoms with van der Waals surface area (Å²) in [6.07, 6.45) is 0.962. The van der Waals surface area contributed by atoms with Gasteiger partial charge in [-0.2, -0.15) is 0 Å². The summed E-state index contributed by atoms with van der Waals surface area (Å²) in [5.41, 5.74) is 0.0812. The number of hydrogen-bond donors (Lipinski definition) is 1. The Morgan fingerprint density at radius 1 is 1.53 bits per heavy atom. The second-order valence-corrected chi connectivity index (χ2v) is 4.99. The number of carbonyl (C=O) groups is 1. The molecule has 1 N–H and O–H groups in total. The lowest BCUT2D eigenvalue weighted by Crippen LogP contribution is -2.21. The van der Waals surface area contributed by atoms with E-state index in [4.69, 9.17) is 26.2 Å². The van der Waals surface area contributed by atoms with Crippen LogP contribution in [0.25, 0.3) is 0 Å². The summed E-state index contributed by atoms with van der Waals surface area (Å²) in [6, 6.07) is 2.79. The van der Waals surface area contributed by atoms with Gasteiger partial charge in [-0.15, -0.1) is 0 Å². The lowest BCUT2D eigenvalue weighted by Gasteiger charge is -2.17.